The lowest BCUT2D eigenvalue weighted by atomic mass is 9.46. The highest BCUT2D eigenvalue weighted by molar-refractivity contribution is 6.01. The summed E-state index contributed by atoms with van der Waals surface area (Å²) in [6, 6.07) is 0. The maximum Gasteiger partial charge on any atom is 0.178 e. The van der Waals surface area contributed by atoms with Crippen LogP contribution >= 0.6 is 0 Å². The largest absolute Gasteiger partial charge is 0.394 e. The Hall–Kier alpha value is -0.970. The maximum atomic E-state index is 11.8. The van der Waals surface area contributed by atoms with Crippen molar-refractivity contribution >= 4 is 5.78 Å². The number of ketones is 1. The van der Waals surface area contributed by atoms with Gasteiger partial charge in [0.1, 0.15) is 11.7 Å². The smallest absolute Gasteiger partial charge is 0.178 e. The average molecular weight is 344 g/mol. The quantitative estimate of drug-likeness (QED) is 0.717. The Morgan fingerprint density at radius 1 is 1.32 bits per heavy atom. The first kappa shape index (κ1) is 16.2. The van der Waals surface area contributed by atoms with Crippen LogP contribution in [0, 0.1) is 28.6 Å². The van der Waals surface area contributed by atoms with Crippen LogP contribution in [0.5, 0.6) is 0 Å². The van der Waals surface area contributed by atoms with Crippen LogP contribution in [-0.4, -0.2) is 40.4 Å². The fourth-order valence-electron chi connectivity index (χ4n) is 7.47. The minimum Gasteiger partial charge on any atom is -0.394 e. The number of rotatable bonds is 1. The predicted molar refractivity (Wildman–Crippen MR) is 92.7 cm³/mol. The molecule has 0 aromatic carbocycles. The van der Waals surface area contributed by atoms with Crippen molar-refractivity contribution in [3.8, 4) is 0 Å². The number of epoxide rings is 1. The molecule has 4 fully saturated rings. The summed E-state index contributed by atoms with van der Waals surface area (Å²) in [6.07, 6.45) is 9.97. The van der Waals surface area contributed by atoms with Gasteiger partial charge in [-0.15, -0.1) is 0 Å². The van der Waals surface area contributed by atoms with Crippen LogP contribution < -0.4 is 0 Å². The van der Waals surface area contributed by atoms with Gasteiger partial charge in [-0.05, 0) is 56.1 Å². The van der Waals surface area contributed by atoms with Gasteiger partial charge < -0.3 is 14.9 Å². The van der Waals surface area contributed by atoms with E-state index in [2.05, 4.69) is 19.9 Å². The molecule has 1 heterocycles. The molecule has 5 aliphatic rings. The van der Waals surface area contributed by atoms with E-state index in [9.17, 15) is 15.0 Å². The standard InChI is InChI=1S/C21H28O4/c1-19-7-5-13(23)9-12(19)3-4-14-15-6-8-21(17(11-22)25-21)20(15,2)10-16(24)18(14)19/h5,7,9,14-18,22,24H,3-4,6,8,10-11H2,1-2H3/t14-,15-,16-,17+,18+,19-,20-,21-/m0/s1. The molecule has 1 spiro atoms. The van der Waals surface area contributed by atoms with Crippen LogP contribution in [0.4, 0.5) is 0 Å². The number of carbonyl (C=O) groups is 1. The van der Waals surface area contributed by atoms with E-state index in [1.807, 2.05) is 0 Å². The number of fused-ring (bicyclic) bond motifs is 6. The number of allylic oxidation sites excluding steroid dienone is 4. The highest BCUT2D eigenvalue weighted by Crippen LogP contribution is 2.72. The van der Waals surface area contributed by atoms with E-state index in [1.165, 1.54) is 5.57 Å². The van der Waals surface area contributed by atoms with Gasteiger partial charge in [0.25, 0.3) is 0 Å². The summed E-state index contributed by atoms with van der Waals surface area (Å²) < 4.78 is 6.03. The van der Waals surface area contributed by atoms with Crippen molar-refractivity contribution in [1.82, 2.24) is 0 Å². The zero-order valence-corrected chi connectivity index (χ0v) is 15.1. The second-order valence-corrected chi connectivity index (χ2v) is 9.43. The molecule has 2 N–H and O–H groups in total. The van der Waals surface area contributed by atoms with E-state index in [0.29, 0.717) is 11.8 Å². The third kappa shape index (κ3) is 1.81. The van der Waals surface area contributed by atoms with Gasteiger partial charge in [-0.1, -0.05) is 25.5 Å². The molecule has 4 heteroatoms. The minimum atomic E-state index is -0.392. The summed E-state index contributed by atoms with van der Waals surface area (Å²) >= 11 is 0. The van der Waals surface area contributed by atoms with Gasteiger partial charge in [0.15, 0.2) is 5.78 Å². The highest BCUT2D eigenvalue weighted by Gasteiger charge is 2.75. The molecular weight excluding hydrogens is 316 g/mol. The van der Waals surface area contributed by atoms with Crippen molar-refractivity contribution in [2.75, 3.05) is 6.61 Å². The van der Waals surface area contributed by atoms with Gasteiger partial charge in [-0.25, -0.2) is 0 Å². The zero-order valence-electron chi connectivity index (χ0n) is 15.1. The molecule has 0 amide bonds. The molecule has 3 saturated carbocycles. The molecule has 0 radical (unpaired) electrons. The van der Waals surface area contributed by atoms with E-state index >= 15 is 0 Å². The van der Waals surface area contributed by atoms with Crippen molar-refractivity contribution in [3.63, 3.8) is 0 Å². The maximum absolute atomic E-state index is 11.8. The molecule has 25 heavy (non-hydrogen) atoms. The Morgan fingerprint density at radius 3 is 2.84 bits per heavy atom. The molecule has 5 rings (SSSR count). The SMILES string of the molecule is C[C@]12C=CC(=O)C=C1CC[C@@H]1[C@@H]2[C@@H](O)C[C@@]2(C)[C@H]1CC[C@@]21O[C@@H]1CO. The van der Waals surface area contributed by atoms with Crippen molar-refractivity contribution < 1.29 is 19.7 Å². The van der Waals surface area contributed by atoms with Gasteiger partial charge in [0.2, 0.25) is 0 Å². The first-order valence-electron chi connectivity index (χ1n) is 9.77. The number of aliphatic hydroxyl groups excluding tert-OH is 2. The van der Waals surface area contributed by atoms with Crippen LogP contribution in [-0.2, 0) is 9.53 Å². The number of carbonyl (C=O) groups excluding carboxylic acids is 1. The molecule has 1 saturated heterocycles. The lowest BCUT2D eigenvalue weighted by Crippen LogP contribution is -2.57. The van der Waals surface area contributed by atoms with Crippen molar-refractivity contribution in [3.05, 3.63) is 23.8 Å². The van der Waals surface area contributed by atoms with Crippen LogP contribution in [0.3, 0.4) is 0 Å². The van der Waals surface area contributed by atoms with E-state index < -0.39 is 6.10 Å². The number of hydrogen-bond donors (Lipinski definition) is 2. The van der Waals surface area contributed by atoms with Crippen molar-refractivity contribution in [2.24, 2.45) is 28.6 Å². The Bertz CT molecular complexity index is 696. The molecule has 136 valence electrons. The number of hydrogen-bond acceptors (Lipinski definition) is 4. The summed E-state index contributed by atoms with van der Waals surface area (Å²) in [5.41, 5.74) is 0.738. The lowest BCUT2D eigenvalue weighted by Gasteiger charge is -2.58. The van der Waals surface area contributed by atoms with Crippen LogP contribution in [0.2, 0.25) is 0 Å². The average Bonchev–Trinajstić information content (AvgIpc) is 3.22. The topological polar surface area (TPSA) is 70.1 Å². The summed E-state index contributed by atoms with van der Waals surface area (Å²) in [6.45, 7) is 4.58. The zero-order chi connectivity index (χ0) is 17.6. The monoisotopic (exact) mass is 344 g/mol. The third-order valence-electron chi connectivity index (χ3n) is 8.66. The first-order valence-corrected chi connectivity index (χ1v) is 9.77. The number of aliphatic hydroxyl groups is 2. The van der Waals surface area contributed by atoms with Crippen LogP contribution in [0.1, 0.15) is 46.0 Å². The molecule has 8 atom stereocenters. The molecule has 0 unspecified atom stereocenters. The van der Waals surface area contributed by atoms with E-state index in [4.69, 9.17) is 4.74 Å². The van der Waals surface area contributed by atoms with Gasteiger partial charge in [0, 0.05) is 16.7 Å². The summed E-state index contributed by atoms with van der Waals surface area (Å²) in [7, 11) is 0. The first-order chi connectivity index (χ1) is 11.9. The summed E-state index contributed by atoms with van der Waals surface area (Å²) in [5, 5.41) is 20.9. The molecule has 1 aliphatic heterocycles. The van der Waals surface area contributed by atoms with E-state index in [0.717, 1.165) is 32.1 Å². The molecule has 0 aromatic rings. The molecule has 0 bridgehead atoms. The Kier molecular flexibility index (Phi) is 3.14. The normalized spacial score (nSPS) is 56.2. The fourth-order valence-corrected chi connectivity index (χ4v) is 7.47. The van der Waals surface area contributed by atoms with Crippen molar-refractivity contribution in [2.45, 2.75) is 63.8 Å². The fraction of sp³-hybridized carbons (Fsp3) is 0.762. The van der Waals surface area contributed by atoms with Gasteiger partial charge >= 0.3 is 0 Å². The molecular formula is C21H28O4. The minimum absolute atomic E-state index is 0.0481. The predicted octanol–water partition coefficient (Wildman–Crippen LogP) is 2.40. The Labute approximate surface area is 148 Å². The van der Waals surface area contributed by atoms with Gasteiger partial charge in [-0.2, -0.15) is 0 Å². The summed E-state index contributed by atoms with van der Waals surface area (Å²) in [5.74, 6) is 1.24. The van der Waals surface area contributed by atoms with Crippen LogP contribution in [0.15, 0.2) is 23.8 Å². The molecule has 4 nitrogen and oxygen atoms in total. The van der Waals surface area contributed by atoms with E-state index in [-0.39, 0.29) is 40.8 Å². The lowest BCUT2D eigenvalue weighted by molar-refractivity contribution is -0.121. The molecule has 4 aliphatic carbocycles. The Morgan fingerprint density at radius 2 is 2.12 bits per heavy atom. The van der Waals surface area contributed by atoms with E-state index in [1.54, 1.807) is 12.2 Å². The third-order valence-corrected chi connectivity index (χ3v) is 8.66. The van der Waals surface area contributed by atoms with Gasteiger partial charge in [0.05, 0.1) is 12.7 Å². The second-order valence-electron chi connectivity index (χ2n) is 9.43. The summed E-state index contributed by atoms with van der Waals surface area (Å²) in [4.78, 5) is 11.8. The van der Waals surface area contributed by atoms with Crippen LogP contribution in [0.25, 0.3) is 0 Å². The van der Waals surface area contributed by atoms with Crippen molar-refractivity contribution in [1.29, 1.82) is 0 Å². The van der Waals surface area contributed by atoms with Gasteiger partial charge in [-0.3, -0.25) is 4.79 Å². The Balaban J connectivity index is 1.53. The highest BCUT2D eigenvalue weighted by atomic mass is 16.6. The second kappa shape index (κ2) is 4.85. The molecule has 0 aromatic heterocycles. The number of ether oxygens (including phenoxy) is 1.